The van der Waals surface area contributed by atoms with Crippen molar-refractivity contribution in [1.29, 1.82) is 0 Å². The zero-order valence-corrected chi connectivity index (χ0v) is 14.2. The number of amides is 1. The molecule has 3 rings (SSSR count). The number of hydrogen-bond acceptors (Lipinski definition) is 5. The summed E-state index contributed by atoms with van der Waals surface area (Å²) in [5.74, 6) is 0.500. The molecule has 2 aromatic heterocycles. The molecule has 0 aliphatic rings. The number of nitrogens with one attached hydrogen (secondary N) is 1. The Hall–Kier alpha value is -2.67. The van der Waals surface area contributed by atoms with Crippen LogP contribution in [-0.4, -0.2) is 22.8 Å². The minimum Gasteiger partial charge on any atom is -0.497 e. The summed E-state index contributed by atoms with van der Waals surface area (Å²) in [6.07, 6.45) is 1.61. The van der Waals surface area contributed by atoms with Crippen molar-refractivity contribution in [2.75, 3.05) is 7.11 Å². The van der Waals surface area contributed by atoms with E-state index >= 15 is 0 Å². The minimum atomic E-state index is -0.262. The molecule has 1 atom stereocenters. The first-order valence-corrected chi connectivity index (χ1v) is 8.33. The van der Waals surface area contributed by atoms with Gasteiger partial charge in [-0.25, -0.2) is 4.68 Å². The van der Waals surface area contributed by atoms with Crippen molar-refractivity contribution in [3.63, 3.8) is 0 Å². The maximum absolute atomic E-state index is 12.3. The lowest BCUT2D eigenvalue weighted by atomic mass is 10.1. The van der Waals surface area contributed by atoms with E-state index in [0.717, 1.165) is 16.0 Å². The molecule has 124 valence electrons. The average Bonchev–Trinajstić information content (AvgIpc) is 3.07. The van der Waals surface area contributed by atoms with Crippen LogP contribution in [0.4, 0.5) is 0 Å². The number of rotatable bonds is 5. The number of ether oxygens (including phenoxy) is 1. The van der Waals surface area contributed by atoms with Gasteiger partial charge >= 0.3 is 0 Å². The smallest absolute Gasteiger partial charge is 0.275 e. The molecule has 7 heteroatoms. The Labute approximate surface area is 142 Å². The quantitative estimate of drug-likeness (QED) is 0.772. The Morgan fingerprint density at radius 1 is 1.33 bits per heavy atom. The van der Waals surface area contributed by atoms with Crippen molar-refractivity contribution in [1.82, 2.24) is 15.1 Å². The molecule has 0 radical (unpaired) electrons. The second-order valence-corrected chi connectivity index (χ2v) is 6.32. The number of fused-ring (bicyclic) bond motifs is 1. The van der Waals surface area contributed by atoms with Gasteiger partial charge in [0.2, 0.25) is 5.91 Å². The number of hydrogen-bond donors (Lipinski definition) is 1. The zero-order valence-electron chi connectivity index (χ0n) is 13.4. The molecule has 1 aromatic carbocycles. The highest BCUT2D eigenvalue weighted by Crippen LogP contribution is 2.17. The van der Waals surface area contributed by atoms with Crippen LogP contribution in [0.15, 0.2) is 46.7 Å². The summed E-state index contributed by atoms with van der Waals surface area (Å²) in [7, 11) is 1.61. The molecule has 3 aromatic rings. The molecule has 2 heterocycles. The largest absolute Gasteiger partial charge is 0.497 e. The van der Waals surface area contributed by atoms with Crippen LogP contribution in [0.3, 0.4) is 0 Å². The van der Waals surface area contributed by atoms with Gasteiger partial charge in [-0.15, -0.1) is 11.3 Å². The monoisotopic (exact) mass is 343 g/mol. The van der Waals surface area contributed by atoms with E-state index in [9.17, 15) is 9.59 Å². The molecule has 24 heavy (non-hydrogen) atoms. The van der Waals surface area contributed by atoms with Crippen molar-refractivity contribution in [2.24, 2.45) is 0 Å². The number of nitrogens with zero attached hydrogens (tertiary/aromatic N) is 2. The first kappa shape index (κ1) is 16.2. The van der Waals surface area contributed by atoms with Gasteiger partial charge in [0, 0.05) is 0 Å². The van der Waals surface area contributed by atoms with E-state index in [1.807, 2.05) is 36.6 Å². The first-order chi connectivity index (χ1) is 11.6. The van der Waals surface area contributed by atoms with Gasteiger partial charge < -0.3 is 10.1 Å². The van der Waals surface area contributed by atoms with Crippen LogP contribution in [0, 0.1) is 0 Å². The van der Waals surface area contributed by atoms with Gasteiger partial charge in [-0.1, -0.05) is 12.1 Å². The zero-order chi connectivity index (χ0) is 17.1. The lowest BCUT2D eigenvalue weighted by molar-refractivity contribution is -0.122. The van der Waals surface area contributed by atoms with E-state index in [1.165, 1.54) is 16.0 Å². The van der Waals surface area contributed by atoms with Crippen molar-refractivity contribution < 1.29 is 9.53 Å². The molecule has 0 aliphatic heterocycles. The van der Waals surface area contributed by atoms with Crippen LogP contribution in [0.25, 0.3) is 10.1 Å². The van der Waals surface area contributed by atoms with Gasteiger partial charge in [0.15, 0.2) is 0 Å². The predicted octanol–water partition coefficient (Wildman–Crippen LogP) is 2.34. The number of carbonyl (C=O) groups excluding carboxylic acids is 1. The third-order valence-corrected chi connectivity index (χ3v) is 4.61. The minimum absolute atomic E-state index is 0.106. The molecule has 0 bridgehead atoms. The summed E-state index contributed by atoms with van der Waals surface area (Å²) >= 11 is 1.45. The number of carbonyl (C=O) groups is 1. The highest BCUT2D eigenvalue weighted by atomic mass is 32.1. The molecule has 0 unspecified atom stereocenters. The lowest BCUT2D eigenvalue weighted by Gasteiger charge is -2.15. The topological polar surface area (TPSA) is 73.2 Å². The van der Waals surface area contributed by atoms with E-state index in [1.54, 1.807) is 19.4 Å². The molecule has 0 fully saturated rings. The average molecular weight is 343 g/mol. The molecule has 0 saturated carbocycles. The first-order valence-electron chi connectivity index (χ1n) is 7.45. The number of aromatic nitrogens is 2. The SMILES string of the molecule is COc1ccc([C@H](C)NC(=O)Cn2ncc3sccc3c2=O)cc1. The molecule has 1 amide bonds. The van der Waals surface area contributed by atoms with Crippen LogP contribution in [0.1, 0.15) is 18.5 Å². The van der Waals surface area contributed by atoms with Gasteiger partial charge in [-0.3, -0.25) is 9.59 Å². The normalized spacial score (nSPS) is 12.1. The van der Waals surface area contributed by atoms with Crippen LogP contribution in [-0.2, 0) is 11.3 Å². The Morgan fingerprint density at radius 3 is 2.79 bits per heavy atom. The molecular weight excluding hydrogens is 326 g/mol. The van der Waals surface area contributed by atoms with E-state index in [-0.39, 0.29) is 24.1 Å². The van der Waals surface area contributed by atoms with Gasteiger partial charge in [0.1, 0.15) is 12.3 Å². The van der Waals surface area contributed by atoms with Crippen molar-refractivity contribution in [2.45, 2.75) is 19.5 Å². The van der Waals surface area contributed by atoms with Crippen LogP contribution in [0.2, 0.25) is 0 Å². The van der Waals surface area contributed by atoms with Gasteiger partial charge in [-0.2, -0.15) is 5.10 Å². The molecule has 1 N–H and O–H groups in total. The standard InChI is InChI=1S/C17H17N3O3S/c1-11(12-3-5-13(23-2)6-4-12)19-16(21)10-20-17(22)14-7-8-24-15(14)9-18-20/h3-9,11H,10H2,1-2H3,(H,19,21)/t11-/m0/s1. The summed E-state index contributed by atoms with van der Waals surface area (Å²) in [6.45, 7) is 1.78. The van der Waals surface area contributed by atoms with E-state index in [2.05, 4.69) is 10.4 Å². The lowest BCUT2D eigenvalue weighted by Crippen LogP contribution is -2.34. The fraction of sp³-hybridized carbons (Fsp3) is 0.235. The van der Waals surface area contributed by atoms with Crippen molar-refractivity contribution in [3.8, 4) is 5.75 Å². The predicted molar refractivity (Wildman–Crippen MR) is 93.4 cm³/mol. The molecule has 6 nitrogen and oxygen atoms in total. The van der Waals surface area contributed by atoms with Crippen LogP contribution in [0.5, 0.6) is 5.75 Å². The Kier molecular flexibility index (Phi) is 4.61. The fourth-order valence-corrected chi connectivity index (χ4v) is 3.16. The third-order valence-electron chi connectivity index (χ3n) is 3.76. The van der Waals surface area contributed by atoms with Crippen molar-refractivity contribution >= 4 is 27.3 Å². The van der Waals surface area contributed by atoms with Gasteiger partial charge in [0.25, 0.3) is 5.56 Å². The van der Waals surface area contributed by atoms with Crippen LogP contribution >= 0.6 is 11.3 Å². The van der Waals surface area contributed by atoms with Gasteiger partial charge in [0.05, 0.1) is 29.4 Å². The summed E-state index contributed by atoms with van der Waals surface area (Å²) in [5.41, 5.74) is 0.707. The maximum Gasteiger partial charge on any atom is 0.275 e. The summed E-state index contributed by atoms with van der Waals surface area (Å²) in [5, 5.41) is 9.36. The van der Waals surface area contributed by atoms with E-state index < -0.39 is 0 Å². The molecule has 0 aliphatic carbocycles. The van der Waals surface area contributed by atoms with Crippen molar-refractivity contribution in [3.05, 3.63) is 57.8 Å². The summed E-state index contributed by atoms with van der Waals surface area (Å²) in [4.78, 5) is 24.5. The van der Waals surface area contributed by atoms with Crippen LogP contribution < -0.4 is 15.6 Å². The highest BCUT2D eigenvalue weighted by Gasteiger charge is 2.13. The second-order valence-electron chi connectivity index (χ2n) is 5.37. The highest BCUT2D eigenvalue weighted by molar-refractivity contribution is 7.17. The molecule has 0 saturated heterocycles. The summed E-state index contributed by atoms with van der Waals surface area (Å²) < 4.78 is 7.13. The molecular formula is C17H17N3O3S. The second kappa shape index (κ2) is 6.84. The maximum atomic E-state index is 12.3. The number of benzene rings is 1. The Morgan fingerprint density at radius 2 is 2.08 bits per heavy atom. The Balaban J connectivity index is 1.69. The number of methoxy groups -OCH3 is 1. The third kappa shape index (κ3) is 3.30. The van der Waals surface area contributed by atoms with Gasteiger partial charge in [-0.05, 0) is 36.1 Å². The van der Waals surface area contributed by atoms with E-state index in [4.69, 9.17) is 4.74 Å². The van der Waals surface area contributed by atoms with E-state index in [0.29, 0.717) is 5.39 Å². The fourth-order valence-electron chi connectivity index (χ4n) is 2.42. The Bertz CT molecular complexity index is 915. The molecule has 0 spiro atoms. The summed E-state index contributed by atoms with van der Waals surface area (Å²) in [6, 6.07) is 9.04. The number of thiophene rings is 1.